The molecule has 126 valence electrons. The lowest BCUT2D eigenvalue weighted by molar-refractivity contribution is -0.111. The molecule has 0 fully saturated rings. The van der Waals surface area contributed by atoms with Gasteiger partial charge < -0.3 is 14.8 Å². The van der Waals surface area contributed by atoms with Crippen LogP contribution in [0, 0.1) is 0 Å². The third-order valence-corrected chi connectivity index (χ3v) is 5.64. The summed E-state index contributed by atoms with van der Waals surface area (Å²) in [6, 6.07) is 11.3. The zero-order valence-electron chi connectivity index (χ0n) is 13.3. The molecule has 0 spiro atoms. The summed E-state index contributed by atoms with van der Waals surface area (Å²) in [5.74, 6) is 1.23. The average Bonchev–Trinajstić information content (AvgIpc) is 3.25. The van der Waals surface area contributed by atoms with Crippen LogP contribution in [-0.2, 0) is 4.79 Å². The third-order valence-electron chi connectivity index (χ3n) is 3.63. The first-order chi connectivity index (χ1) is 12.2. The Morgan fingerprint density at radius 3 is 3.00 bits per heavy atom. The van der Waals surface area contributed by atoms with Gasteiger partial charge in [-0.05, 0) is 48.2 Å². The van der Waals surface area contributed by atoms with Crippen molar-refractivity contribution in [3.05, 3.63) is 48.0 Å². The van der Waals surface area contributed by atoms with Crippen LogP contribution < -0.4 is 14.8 Å². The van der Waals surface area contributed by atoms with Gasteiger partial charge in [0.15, 0.2) is 15.8 Å². The topological polar surface area (TPSA) is 60.5 Å². The van der Waals surface area contributed by atoms with Crippen LogP contribution in [0.3, 0.4) is 0 Å². The predicted octanol–water partition coefficient (Wildman–Crippen LogP) is 4.40. The van der Waals surface area contributed by atoms with Crippen molar-refractivity contribution in [1.29, 1.82) is 0 Å². The minimum Gasteiger partial charge on any atom is -0.454 e. The van der Waals surface area contributed by atoms with Crippen LogP contribution >= 0.6 is 23.1 Å². The maximum atomic E-state index is 12.1. The van der Waals surface area contributed by atoms with Crippen molar-refractivity contribution in [2.24, 2.45) is 0 Å². The Hall–Kier alpha value is -2.51. The third kappa shape index (κ3) is 3.47. The van der Waals surface area contributed by atoms with Crippen LogP contribution in [0.4, 0.5) is 5.69 Å². The highest BCUT2D eigenvalue weighted by molar-refractivity contribution is 8.00. The molecule has 0 unspecified atom stereocenters. The summed E-state index contributed by atoms with van der Waals surface area (Å²) in [6.45, 7) is 0.237. The number of benzene rings is 2. The number of aromatic nitrogens is 1. The Balaban J connectivity index is 1.46. The molecule has 1 aliphatic heterocycles. The van der Waals surface area contributed by atoms with Crippen molar-refractivity contribution in [2.45, 2.75) is 4.34 Å². The zero-order chi connectivity index (χ0) is 17.2. The Kier molecular flexibility index (Phi) is 4.33. The highest BCUT2D eigenvalue weighted by Crippen LogP contribution is 2.33. The largest absolute Gasteiger partial charge is 0.454 e. The van der Waals surface area contributed by atoms with Gasteiger partial charge in [0, 0.05) is 11.8 Å². The van der Waals surface area contributed by atoms with Gasteiger partial charge in [-0.15, -0.1) is 11.3 Å². The number of nitrogens with one attached hydrogen (secondary N) is 1. The molecule has 0 radical (unpaired) electrons. The second kappa shape index (κ2) is 6.78. The number of fused-ring (bicyclic) bond motifs is 2. The highest BCUT2D eigenvalue weighted by Gasteiger charge is 2.12. The van der Waals surface area contributed by atoms with Gasteiger partial charge in [0.1, 0.15) is 0 Å². The molecule has 0 saturated heterocycles. The number of rotatable bonds is 4. The summed E-state index contributed by atoms with van der Waals surface area (Å²) in [5, 5.41) is 2.87. The molecule has 5 nitrogen and oxygen atoms in total. The van der Waals surface area contributed by atoms with Crippen LogP contribution in [0.15, 0.2) is 46.8 Å². The number of hydrogen-bond acceptors (Lipinski definition) is 6. The number of amides is 1. The predicted molar refractivity (Wildman–Crippen MR) is 102 cm³/mol. The Bertz CT molecular complexity index is 982. The van der Waals surface area contributed by atoms with Gasteiger partial charge in [0.05, 0.1) is 10.2 Å². The maximum absolute atomic E-state index is 12.1. The summed E-state index contributed by atoms with van der Waals surface area (Å²) in [6.07, 6.45) is 5.25. The van der Waals surface area contributed by atoms with E-state index < -0.39 is 0 Å². The molecule has 0 aliphatic carbocycles. The Morgan fingerprint density at radius 1 is 1.24 bits per heavy atom. The standard InChI is InChI=1S/C18H14N2O3S2/c1-24-18-20-13-5-4-12(9-16(13)25-18)19-17(21)7-3-11-2-6-14-15(8-11)23-10-22-14/h2-9H,10H2,1H3,(H,19,21)/b7-3+. The molecule has 7 heteroatoms. The minimum atomic E-state index is -0.188. The van der Waals surface area contributed by atoms with Gasteiger partial charge in [-0.3, -0.25) is 4.79 Å². The second-order valence-electron chi connectivity index (χ2n) is 5.30. The first-order valence-corrected chi connectivity index (χ1v) is 9.59. The van der Waals surface area contributed by atoms with Gasteiger partial charge in [0.2, 0.25) is 12.7 Å². The van der Waals surface area contributed by atoms with Gasteiger partial charge in [0.25, 0.3) is 0 Å². The number of ether oxygens (including phenoxy) is 2. The van der Waals surface area contributed by atoms with Crippen molar-refractivity contribution in [3.63, 3.8) is 0 Å². The number of nitrogens with zero attached hydrogens (tertiary/aromatic N) is 1. The van der Waals surface area contributed by atoms with Crippen molar-refractivity contribution in [3.8, 4) is 11.5 Å². The molecular formula is C18H14N2O3S2. The molecule has 0 saturated carbocycles. The quantitative estimate of drug-likeness (QED) is 0.545. The Labute approximate surface area is 152 Å². The lowest BCUT2D eigenvalue weighted by Crippen LogP contribution is -2.07. The fourth-order valence-corrected chi connectivity index (χ4v) is 3.97. The summed E-state index contributed by atoms with van der Waals surface area (Å²) >= 11 is 3.24. The van der Waals surface area contributed by atoms with E-state index >= 15 is 0 Å². The van der Waals surface area contributed by atoms with Gasteiger partial charge in [-0.2, -0.15) is 0 Å². The second-order valence-corrected chi connectivity index (χ2v) is 7.39. The molecule has 1 aromatic heterocycles. The lowest BCUT2D eigenvalue weighted by Gasteiger charge is -2.02. The summed E-state index contributed by atoms with van der Waals surface area (Å²) < 4.78 is 12.7. The SMILES string of the molecule is CSc1nc2ccc(NC(=O)/C=C/c3ccc4c(c3)OCO4)cc2s1. The lowest BCUT2D eigenvalue weighted by atomic mass is 10.2. The van der Waals surface area contributed by atoms with Crippen molar-refractivity contribution >= 4 is 51.0 Å². The highest BCUT2D eigenvalue weighted by atomic mass is 32.2. The number of thioether (sulfide) groups is 1. The molecule has 0 atom stereocenters. The summed E-state index contributed by atoms with van der Waals surface area (Å²) in [5.41, 5.74) is 2.58. The van der Waals surface area contributed by atoms with Crippen molar-refractivity contribution in [2.75, 3.05) is 18.4 Å². The minimum absolute atomic E-state index is 0.188. The molecule has 1 aliphatic rings. The molecule has 1 amide bonds. The van der Waals surface area contributed by atoms with Crippen LogP contribution in [0.25, 0.3) is 16.3 Å². The van der Waals surface area contributed by atoms with Crippen molar-refractivity contribution in [1.82, 2.24) is 4.98 Å². The number of anilines is 1. The van der Waals surface area contributed by atoms with E-state index in [1.807, 2.05) is 42.7 Å². The number of hydrogen-bond donors (Lipinski definition) is 1. The van der Waals surface area contributed by atoms with Crippen molar-refractivity contribution < 1.29 is 14.3 Å². The molecule has 2 heterocycles. The Morgan fingerprint density at radius 2 is 2.12 bits per heavy atom. The monoisotopic (exact) mass is 370 g/mol. The maximum Gasteiger partial charge on any atom is 0.248 e. The van der Waals surface area contributed by atoms with Gasteiger partial charge in [-0.25, -0.2) is 4.98 Å². The van der Waals surface area contributed by atoms with Gasteiger partial charge in [-0.1, -0.05) is 17.8 Å². The molecule has 3 aromatic rings. The van der Waals surface area contributed by atoms with E-state index in [1.54, 1.807) is 29.2 Å². The first-order valence-electron chi connectivity index (χ1n) is 7.54. The summed E-state index contributed by atoms with van der Waals surface area (Å²) in [4.78, 5) is 16.6. The van der Waals surface area contributed by atoms with Crippen LogP contribution in [0.5, 0.6) is 11.5 Å². The van der Waals surface area contributed by atoms with Crippen LogP contribution in [0.1, 0.15) is 5.56 Å². The fraction of sp³-hybridized carbons (Fsp3) is 0.111. The number of carbonyl (C=O) groups excluding carboxylic acids is 1. The molecule has 2 aromatic carbocycles. The molecular weight excluding hydrogens is 356 g/mol. The molecule has 25 heavy (non-hydrogen) atoms. The first kappa shape index (κ1) is 16.0. The van der Waals surface area contributed by atoms with E-state index in [2.05, 4.69) is 10.3 Å². The molecule has 1 N–H and O–H groups in total. The van der Waals surface area contributed by atoms with E-state index in [4.69, 9.17) is 9.47 Å². The molecule has 4 rings (SSSR count). The van der Waals surface area contributed by atoms with E-state index in [-0.39, 0.29) is 12.7 Å². The summed E-state index contributed by atoms with van der Waals surface area (Å²) in [7, 11) is 0. The van der Waals surface area contributed by atoms with E-state index in [1.165, 1.54) is 6.08 Å². The normalized spacial score (nSPS) is 12.8. The van der Waals surface area contributed by atoms with Crippen LogP contribution in [0.2, 0.25) is 0 Å². The number of carbonyl (C=O) groups is 1. The van der Waals surface area contributed by atoms with Gasteiger partial charge >= 0.3 is 0 Å². The van der Waals surface area contributed by atoms with Crippen LogP contribution in [-0.4, -0.2) is 23.9 Å². The number of thiazole rings is 1. The molecule has 0 bridgehead atoms. The zero-order valence-corrected chi connectivity index (χ0v) is 14.9. The van der Waals surface area contributed by atoms with E-state index in [0.29, 0.717) is 5.75 Å². The van der Waals surface area contributed by atoms with E-state index in [9.17, 15) is 4.79 Å². The fourth-order valence-electron chi connectivity index (χ4n) is 2.44. The average molecular weight is 370 g/mol. The smallest absolute Gasteiger partial charge is 0.248 e. The van der Waals surface area contributed by atoms with E-state index in [0.717, 1.165) is 31.6 Å².